The summed E-state index contributed by atoms with van der Waals surface area (Å²) in [5.41, 5.74) is 4.27. The Morgan fingerprint density at radius 3 is 2.53 bits per heavy atom. The summed E-state index contributed by atoms with van der Waals surface area (Å²) in [4.78, 5) is 27.5. The molecule has 2 aliphatic rings. The average Bonchev–Trinajstić information content (AvgIpc) is 3.25. The van der Waals surface area contributed by atoms with Gasteiger partial charge in [-0.05, 0) is 63.9 Å². The Kier molecular flexibility index (Phi) is 7.41. The fourth-order valence-electron chi connectivity index (χ4n) is 4.89. The van der Waals surface area contributed by atoms with Crippen LogP contribution in [0.25, 0.3) is 0 Å². The fraction of sp³-hybridized carbons (Fsp3) is 0.444. The number of rotatable bonds is 6. The van der Waals surface area contributed by atoms with E-state index in [0.717, 1.165) is 16.7 Å². The molecule has 0 radical (unpaired) electrons. The standard InChI is InChI=1S/C27H32FN3O3/c1-4-34-27(33)20-11-13-30(14-12-20)17-26(32)31-25(21-10-9-18(2)15-19(21)3)16-24(29-31)22-7-5-6-8-23(22)28/h5-10,15,20,25H,4,11-14,16-17H2,1-3H3. The lowest BCUT2D eigenvalue weighted by Crippen LogP contribution is -2.43. The van der Waals surface area contributed by atoms with Gasteiger partial charge in [0, 0.05) is 12.0 Å². The molecular formula is C27H32FN3O3. The molecule has 2 aromatic carbocycles. The van der Waals surface area contributed by atoms with Crippen LogP contribution in [0.1, 0.15) is 54.5 Å². The molecule has 1 atom stereocenters. The van der Waals surface area contributed by atoms with Crippen molar-refractivity contribution in [2.24, 2.45) is 11.0 Å². The minimum absolute atomic E-state index is 0.105. The van der Waals surface area contributed by atoms with E-state index in [-0.39, 0.29) is 36.2 Å². The summed E-state index contributed by atoms with van der Waals surface area (Å²) in [6.07, 6.45) is 1.81. The van der Waals surface area contributed by atoms with Gasteiger partial charge in [0.25, 0.3) is 5.91 Å². The molecule has 2 aromatic rings. The number of likely N-dealkylation sites (tertiary alicyclic amines) is 1. The number of carbonyl (C=O) groups is 2. The molecule has 180 valence electrons. The van der Waals surface area contributed by atoms with E-state index in [4.69, 9.17) is 4.74 Å². The molecule has 34 heavy (non-hydrogen) atoms. The van der Waals surface area contributed by atoms with Gasteiger partial charge in [-0.15, -0.1) is 0 Å². The van der Waals surface area contributed by atoms with Gasteiger partial charge < -0.3 is 4.74 Å². The number of nitrogens with zero attached hydrogens (tertiary/aromatic N) is 3. The highest BCUT2D eigenvalue weighted by molar-refractivity contribution is 6.03. The van der Waals surface area contributed by atoms with E-state index in [2.05, 4.69) is 16.1 Å². The van der Waals surface area contributed by atoms with E-state index >= 15 is 0 Å². The van der Waals surface area contributed by atoms with Gasteiger partial charge in [-0.2, -0.15) is 5.10 Å². The molecular weight excluding hydrogens is 433 g/mol. The summed E-state index contributed by atoms with van der Waals surface area (Å²) in [5.74, 6) is -0.712. The zero-order valence-electron chi connectivity index (χ0n) is 20.1. The van der Waals surface area contributed by atoms with Crippen molar-refractivity contribution in [3.8, 4) is 0 Å². The molecule has 2 heterocycles. The monoisotopic (exact) mass is 465 g/mol. The Bertz CT molecular complexity index is 1090. The predicted octanol–water partition coefficient (Wildman–Crippen LogP) is 4.40. The van der Waals surface area contributed by atoms with Gasteiger partial charge in [-0.25, -0.2) is 9.40 Å². The van der Waals surface area contributed by atoms with Crippen LogP contribution >= 0.6 is 0 Å². The van der Waals surface area contributed by atoms with Gasteiger partial charge in [0.1, 0.15) is 5.82 Å². The first kappa shape index (κ1) is 24.1. The third-order valence-corrected chi connectivity index (χ3v) is 6.70. The van der Waals surface area contributed by atoms with Crippen LogP contribution in [0.4, 0.5) is 4.39 Å². The van der Waals surface area contributed by atoms with Crippen molar-refractivity contribution in [3.05, 3.63) is 70.5 Å². The van der Waals surface area contributed by atoms with Gasteiger partial charge in [0.2, 0.25) is 0 Å². The Morgan fingerprint density at radius 1 is 1.12 bits per heavy atom. The lowest BCUT2D eigenvalue weighted by Gasteiger charge is -2.32. The van der Waals surface area contributed by atoms with E-state index in [1.807, 2.05) is 32.9 Å². The van der Waals surface area contributed by atoms with Crippen LogP contribution in [-0.4, -0.2) is 53.7 Å². The van der Waals surface area contributed by atoms with Crippen molar-refractivity contribution in [2.75, 3.05) is 26.2 Å². The minimum atomic E-state index is -0.337. The molecule has 0 aliphatic carbocycles. The number of hydrogen-bond donors (Lipinski definition) is 0. The molecule has 7 heteroatoms. The fourth-order valence-corrected chi connectivity index (χ4v) is 4.89. The summed E-state index contributed by atoms with van der Waals surface area (Å²) in [7, 11) is 0. The number of carbonyl (C=O) groups excluding carboxylic acids is 2. The van der Waals surface area contributed by atoms with Gasteiger partial charge in [0.15, 0.2) is 0 Å². The molecule has 0 saturated carbocycles. The molecule has 1 unspecified atom stereocenters. The maximum atomic E-state index is 14.5. The number of hydrazone groups is 1. The van der Waals surface area contributed by atoms with E-state index in [9.17, 15) is 14.0 Å². The van der Waals surface area contributed by atoms with Crippen LogP contribution < -0.4 is 0 Å². The molecule has 0 N–H and O–H groups in total. The van der Waals surface area contributed by atoms with Crippen LogP contribution in [-0.2, 0) is 14.3 Å². The largest absolute Gasteiger partial charge is 0.466 e. The summed E-state index contributed by atoms with van der Waals surface area (Å²) >= 11 is 0. The molecule has 2 aliphatic heterocycles. The molecule has 0 spiro atoms. The van der Waals surface area contributed by atoms with Crippen LogP contribution in [0.15, 0.2) is 47.6 Å². The topological polar surface area (TPSA) is 62.2 Å². The Morgan fingerprint density at radius 2 is 1.85 bits per heavy atom. The SMILES string of the molecule is CCOC(=O)C1CCN(CC(=O)N2N=C(c3ccccc3F)CC2c2ccc(C)cc2C)CC1. The lowest BCUT2D eigenvalue weighted by atomic mass is 9.94. The molecule has 6 nitrogen and oxygen atoms in total. The van der Waals surface area contributed by atoms with Crippen molar-refractivity contribution >= 4 is 17.6 Å². The van der Waals surface area contributed by atoms with Crippen LogP contribution in [0.5, 0.6) is 0 Å². The average molecular weight is 466 g/mol. The summed E-state index contributed by atoms with van der Waals surface area (Å²) < 4.78 is 19.7. The van der Waals surface area contributed by atoms with E-state index < -0.39 is 0 Å². The third-order valence-electron chi connectivity index (χ3n) is 6.70. The van der Waals surface area contributed by atoms with E-state index in [0.29, 0.717) is 50.2 Å². The summed E-state index contributed by atoms with van der Waals surface area (Å²) in [5, 5.41) is 6.17. The zero-order valence-corrected chi connectivity index (χ0v) is 20.1. The van der Waals surface area contributed by atoms with Gasteiger partial charge >= 0.3 is 5.97 Å². The van der Waals surface area contributed by atoms with Crippen LogP contribution in [0.3, 0.4) is 0 Å². The highest BCUT2D eigenvalue weighted by Crippen LogP contribution is 2.35. The molecule has 4 rings (SSSR count). The quantitative estimate of drug-likeness (QED) is 0.594. The number of esters is 1. The number of halogens is 1. The normalized spacial score (nSPS) is 19.2. The summed E-state index contributed by atoms with van der Waals surface area (Å²) in [6.45, 7) is 7.79. The van der Waals surface area contributed by atoms with Crippen LogP contribution in [0, 0.1) is 25.6 Å². The Balaban J connectivity index is 1.53. The zero-order chi connectivity index (χ0) is 24.2. The third kappa shape index (κ3) is 5.20. The molecule has 1 amide bonds. The predicted molar refractivity (Wildman–Crippen MR) is 129 cm³/mol. The number of hydrogen-bond acceptors (Lipinski definition) is 5. The van der Waals surface area contributed by atoms with E-state index in [1.54, 1.807) is 18.2 Å². The number of benzene rings is 2. The second kappa shape index (κ2) is 10.5. The van der Waals surface area contributed by atoms with Gasteiger partial charge in [0.05, 0.1) is 30.8 Å². The highest BCUT2D eigenvalue weighted by Gasteiger charge is 2.36. The maximum absolute atomic E-state index is 14.5. The second-order valence-corrected chi connectivity index (χ2v) is 9.15. The number of piperidine rings is 1. The molecule has 0 aromatic heterocycles. The maximum Gasteiger partial charge on any atom is 0.309 e. The number of ether oxygens (including phenoxy) is 1. The Hall–Kier alpha value is -3.06. The van der Waals surface area contributed by atoms with Crippen molar-refractivity contribution in [1.29, 1.82) is 0 Å². The van der Waals surface area contributed by atoms with Gasteiger partial charge in [-0.1, -0.05) is 42.0 Å². The molecule has 1 fully saturated rings. The van der Waals surface area contributed by atoms with Crippen LogP contribution in [0.2, 0.25) is 0 Å². The van der Waals surface area contributed by atoms with Crippen molar-refractivity contribution < 1.29 is 18.7 Å². The smallest absolute Gasteiger partial charge is 0.309 e. The highest BCUT2D eigenvalue weighted by atomic mass is 19.1. The number of amides is 1. The molecule has 0 bridgehead atoms. The summed E-state index contributed by atoms with van der Waals surface area (Å²) in [6, 6.07) is 12.5. The molecule has 1 saturated heterocycles. The first-order valence-corrected chi connectivity index (χ1v) is 12.0. The second-order valence-electron chi connectivity index (χ2n) is 9.15. The minimum Gasteiger partial charge on any atom is -0.466 e. The Labute approximate surface area is 200 Å². The van der Waals surface area contributed by atoms with Gasteiger partial charge in [-0.3, -0.25) is 14.5 Å². The van der Waals surface area contributed by atoms with Crippen molar-refractivity contribution in [1.82, 2.24) is 9.91 Å². The van der Waals surface area contributed by atoms with Crippen molar-refractivity contribution in [3.63, 3.8) is 0 Å². The van der Waals surface area contributed by atoms with Crippen molar-refractivity contribution in [2.45, 2.75) is 46.1 Å². The number of aryl methyl sites for hydroxylation is 2. The lowest BCUT2D eigenvalue weighted by molar-refractivity contribution is -0.149. The van der Waals surface area contributed by atoms with E-state index in [1.165, 1.54) is 11.1 Å². The first-order valence-electron chi connectivity index (χ1n) is 12.0. The first-order chi connectivity index (χ1) is 16.4.